The molecule has 158 valence electrons. The minimum Gasteiger partial charge on any atom is -0.306 e. The van der Waals surface area contributed by atoms with Gasteiger partial charge >= 0.3 is 6.18 Å². The van der Waals surface area contributed by atoms with Crippen LogP contribution in [-0.4, -0.2) is 35.2 Å². The van der Waals surface area contributed by atoms with Crippen LogP contribution in [0.15, 0.2) is 30.3 Å². The van der Waals surface area contributed by atoms with E-state index in [4.69, 9.17) is 0 Å². The van der Waals surface area contributed by atoms with Crippen molar-refractivity contribution < 1.29 is 13.2 Å². The number of likely N-dealkylation sites (N-methyl/N-ethyl adjacent to an activating group) is 1. The molecule has 1 aliphatic rings. The summed E-state index contributed by atoms with van der Waals surface area (Å²) in [5.74, 6) is 0.418. The molecule has 1 aliphatic heterocycles. The van der Waals surface area contributed by atoms with Crippen LogP contribution in [-0.2, 0) is 6.18 Å². The predicted octanol–water partition coefficient (Wildman–Crippen LogP) is 6.05. The van der Waals surface area contributed by atoms with E-state index >= 15 is 0 Å². The highest BCUT2D eigenvalue weighted by atomic mass is 19.4. The Morgan fingerprint density at radius 2 is 1.73 bits per heavy atom. The molecule has 3 nitrogen and oxygen atoms in total. The molecule has 0 radical (unpaired) electrons. The zero-order valence-electron chi connectivity index (χ0n) is 17.8. The monoisotopic (exact) mass is 413 g/mol. The highest BCUT2D eigenvalue weighted by Gasteiger charge is 2.32. The molecule has 1 fully saturated rings. The van der Waals surface area contributed by atoms with E-state index in [1.807, 2.05) is 13.0 Å². The number of likely N-dealkylation sites (tertiary alicyclic amines) is 1. The van der Waals surface area contributed by atoms with Crippen LogP contribution in [0.3, 0.4) is 0 Å². The maximum Gasteiger partial charge on any atom is 0.416 e. The summed E-state index contributed by atoms with van der Waals surface area (Å²) in [7, 11) is 2.14. The molecule has 0 N–H and O–H groups in total. The van der Waals surface area contributed by atoms with Gasteiger partial charge < -0.3 is 4.90 Å². The summed E-state index contributed by atoms with van der Waals surface area (Å²) in [5.41, 5.74) is 4.95. The maximum atomic E-state index is 13.2. The van der Waals surface area contributed by atoms with Crippen LogP contribution in [0, 0.1) is 20.8 Å². The van der Waals surface area contributed by atoms with E-state index in [0.29, 0.717) is 22.7 Å². The topological polar surface area (TPSA) is 29.0 Å². The van der Waals surface area contributed by atoms with Gasteiger partial charge in [-0.1, -0.05) is 18.2 Å². The standard InChI is InChI=1S/C24H26F3N3/c1-14-11-18(24(25,26)27)12-15(2)21(14)22-16(3)19-8-5-9-20(23(19)29-28-22)17-7-6-10-30(4)13-17/h5,8-9,11-12,17H,6-7,10,13H2,1-4H3. The Balaban J connectivity index is 1.84. The first-order valence-electron chi connectivity index (χ1n) is 10.3. The van der Waals surface area contributed by atoms with Gasteiger partial charge in [-0.25, -0.2) is 0 Å². The van der Waals surface area contributed by atoms with Crippen molar-refractivity contribution in [2.75, 3.05) is 20.1 Å². The quantitative estimate of drug-likeness (QED) is 0.512. The van der Waals surface area contributed by atoms with Crippen molar-refractivity contribution in [3.63, 3.8) is 0 Å². The molecule has 30 heavy (non-hydrogen) atoms. The van der Waals surface area contributed by atoms with Crippen molar-refractivity contribution in [2.45, 2.75) is 45.7 Å². The van der Waals surface area contributed by atoms with Gasteiger partial charge in [0, 0.05) is 17.5 Å². The number of fused-ring (bicyclic) bond motifs is 1. The summed E-state index contributed by atoms with van der Waals surface area (Å²) in [5, 5.41) is 10.1. The molecule has 1 atom stereocenters. The number of hydrogen-bond acceptors (Lipinski definition) is 3. The average molecular weight is 413 g/mol. The van der Waals surface area contributed by atoms with E-state index in [2.05, 4.69) is 34.3 Å². The predicted molar refractivity (Wildman–Crippen MR) is 114 cm³/mol. The lowest BCUT2D eigenvalue weighted by molar-refractivity contribution is -0.137. The summed E-state index contributed by atoms with van der Waals surface area (Å²) in [6.07, 6.45) is -2.07. The molecule has 1 aromatic heterocycles. The van der Waals surface area contributed by atoms with Crippen molar-refractivity contribution in [1.29, 1.82) is 0 Å². The third kappa shape index (κ3) is 3.69. The summed E-state index contributed by atoms with van der Waals surface area (Å²) in [6, 6.07) is 8.61. The van der Waals surface area contributed by atoms with Gasteiger partial charge in [-0.15, -0.1) is 10.2 Å². The second-order valence-corrected chi connectivity index (χ2v) is 8.50. The van der Waals surface area contributed by atoms with Crippen molar-refractivity contribution in [2.24, 2.45) is 0 Å². The third-order valence-corrected chi connectivity index (χ3v) is 6.24. The Labute approximate surface area is 174 Å². The number of piperidine rings is 1. The van der Waals surface area contributed by atoms with Gasteiger partial charge in [0.15, 0.2) is 0 Å². The fourth-order valence-corrected chi connectivity index (χ4v) is 4.77. The number of rotatable bonds is 2. The fourth-order valence-electron chi connectivity index (χ4n) is 4.77. The average Bonchev–Trinajstić information content (AvgIpc) is 2.68. The molecule has 3 aromatic rings. The zero-order chi connectivity index (χ0) is 21.6. The fraction of sp³-hybridized carbons (Fsp3) is 0.417. The molecule has 4 rings (SSSR count). The molecule has 0 bridgehead atoms. The van der Waals surface area contributed by atoms with Crippen molar-refractivity contribution in [1.82, 2.24) is 15.1 Å². The van der Waals surface area contributed by atoms with E-state index in [1.165, 1.54) is 17.7 Å². The van der Waals surface area contributed by atoms with Crippen LogP contribution < -0.4 is 0 Å². The largest absolute Gasteiger partial charge is 0.416 e. The summed E-state index contributed by atoms with van der Waals surface area (Å²) >= 11 is 0. The van der Waals surface area contributed by atoms with Crippen molar-refractivity contribution in [3.8, 4) is 11.3 Å². The van der Waals surface area contributed by atoms with Gasteiger partial charge in [-0.05, 0) is 87.5 Å². The van der Waals surface area contributed by atoms with Crippen LogP contribution in [0.25, 0.3) is 22.2 Å². The lowest BCUT2D eigenvalue weighted by Gasteiger charge is -2.30. The number of halogens is 3. The lowest BCUT2D eigenvalue weighted by Crippen LogP contribution is -2.31. The van der Waals surface area contributed by atoms with Crippen molar-refractivity contribution in [3.05, 3.63) is 58.1 Å². The van der Waals surface area contributed by atoms with Gasteiger partial charge in [0.1, 0.15) is 0 Å². The highest BCUT2D eigenvalue weighted by molar-refractivity contribution is 5.90. The Morgan fingerprint density at radius 1 is 1.03 bits per heavy atom. The first kappa shape index (κ1) is 20.8. The number of benzene rings is 2. The van der Waals surface area contributed by atoms with E-state index in [1.54, 1.807) is 13.8 Å². The zero-order valence-corrected chi connectivity index (χ0v) is 17.8. The number of aromatic nitrogens is 2. The normalized spacial score (nSPS) is 18.2. The van der Waals surface area contributed by atoms with E-state index < -0.39 is 11.7 Å². The lowest BCUT2D eigenvalue weighted by atomic mass is 9.88. The van der Waals surface area contributed by atoms with E-state index in [-0.39, 0.29) is 0 Å². The smallest absolute Gasteiger partial charge is 0.306 e. The summed E-state index contributed by atoms with van der Waals surface area (Å²) in [6.45, 7) is 7.51. The molecule has 1 saturated heterocycles. The SMILES string of the molecule is Cc1cc(C(F)(F)F)cc(C)c1-c1nnc2c(C3CCCN(C)C3)cccc2c1C. The molecule has 0 spiro atoms. The maximum absolute atomic E-state index is 13.2. The molecular formula is C24H26F3N3. The van der Waals surface area contributed by atoms with Gasteiger partial charge in [0.25, 0.3) is 0 Å². The molecule has 0 saturated carbocycles. The Morgan fingerprint density at radius 3 is 2.37 bits per heavy atom. The number of hydrogen-bond donors (Lipinski definition) is 0. The third-order valence-electron chi connectivity index (χ3n) is 6.24. The number of aryl methyl sites for hydroxylation is 3. The minimum atomic E-state index is -4.36. The Bertz CT molecular complexity index is 1080. The Hall–Kier alpha value is -2.47. The number of alkyl halides is 3. The molecular weight excluding hydrogens is 387 g/mol. The van der Waals surface area contributed by atoms with E-state index in [9.17, 15) is 13.2 Å². The van der Waals surface area contributed by atoms with Crippen LogP contribution in [0.1, 0.15) is 46.6 Å². The van der Waals surface area contributed by atoms with Crippen LogP contribution in [0.2, 0.25) is 0 Å². The van der Waals surface area contributed by atoms with Crippen molar-refractivity contribution >= 4 is 10.9 Å². The summed E-state index contributed by atoms with van der Waals surface area (Å²) < 4.78 is 39.6. The van der Waals surface area contributed by atoms with E-state index in [0.717, 1.165) is 48.0 Å². The number of nitrogens with zero attached hydrogens (tertiary/aromatic N) is 3. The first-order valence-corrected chi connectivity index (χ1v) is 10.3. The van der Waals surface area contributed by atoms with Gasteiger partial charge in [0.05, 0.1) is 16.8 Å². The highest BCUT2D eigenvalue weighted by Crippen LogP contribution is 2.38. The first-order chi connectivity index (χ1) is 14.2. The van der Waals surface area contributed by atoms with Crippen LogP contribution >= 0.6 is 0 Å². The molecule has 2 aromatic carbocycles. The molecule has 0 aliphatic carbocycles. The molecule has 1 unspecified atom stereocenters. The minimum absolute atomic E-state index is 0.418. The molecule has 2 heterocycles. The second kappa shape index (κ2) is 7.65. The summed E-state index contributed by atoms with van der Waals surface area (Å²) in [4.78, 5) is 2.34. The van der Waals surface area contributed by atoms with Gasteiger partial charge in [0.2, 0.25) is 0 Å². The molecule has 6 heteroatoms. The van der Waals surface area contributed by atoms with Gasteiger partial charge in [-0.2, -0.15) is 13.2 Å². The van der Waals surface area contributed by atoms with Gasteiger partial charge in [-0.3, -0.25) is 0 Å². The molecule has 0 amide bonds. The van der Waals surface area contributed by atoms with Crippen LogP contribution in [0.5, 0.6) is 0 Å². The van der Waals surface area contributed by atoms with Crippen LogP contribution in [0.4, 0.5) is 13.2 Å². The second-order valence-electron chi connectivity index (χ2n) is 8.50. The Kier molecular flexibility index (Phi) is 5.30.